The largest absolute Gasteiger partial charge is 0.384 e. The quantitative estimate of drug-likeness (QED) is 0.587. The molecule has 68 valence electrons. The van der Waals surface area contributed by atoms with E-state index in [1.165, 1.54) is 7.11 Å². The van der Waals surface area contributed by atoms with Crippen LogP contribution in [0.15, 0.2) is 0 Å². The summed E-state index contributed by atoms with van der Waals surface area (Å²) in [6.45, 7) is 0.790. The molecule has 0 aliphatic heterocycles. The first-order valence-corrected chi connectivity index (χ1v) is 5.28. The molecule has 4 nitrogen and oxygen atoms in total. The van der Waals surface area contributed by atoms with Crippen LogP contribution in [-0.2, 0) is 14.6 Å². The third-order valence-electron chi connectivity index (χ3n) is 1.26. The lowest BCUT2D eigenvalue weighted by atomic mass is 10.8. The number of nitrogens with one attached hydrogen (secondary N) is 1. The van der Waals surface area contributed by atoms with Crippen LogP contribution < -0.4 is 5.32 Å². The van der Waals surface area contributed by atoms with Gasteiger partial charge in [0.15, 0.2) is 9.84 Å². The molecular weight excluding hydrogens is 166 g/mol. The lowest BCUT2D eigenvalue weighted by Gasteiger charge is -2.01. The number of rotatable bonds is 6. The summed E-state index contributed by atoms with van der Waals surface area (Å²) in [6.07, 6.45) is 0. The molecule has 0 aliphatic rings. The van der Waals surface area contributed by atoms with Gasteiger partial charge in [-0.1, -0.05) is 0 Å². The molecule has 0 rings (SSSR count). The zero-order valence-electron chi connectivity index (χ0n) is 6.96. The predicted molar refractivity (Wildman–Crippen MR) is 44.5 cm³/mol. The maximum atomic E-state index is 11.0. The highest BCUT2D eigenvalue weighted by atomic mass is 32.2. The highest BCUT2D eigenvalue weighted by Gasteiger charge is 2.08. The topological polar surface area (TPSA) is 55.4 Å². The van der Waals surface area contributed by atoms with E-state index in [1.54, 1.807) is 7.05 Å². The van der Waals surface area contributed by atoms with Crippen molar-refractivity contribution in [2.75, 3.05) is 38.8 Å². The minimum Gasteiger partial charge on any atom is -0.384 e. The van der Waals surface area contributed by atoms with Gasteiger partial charge in [-0.05, 0) is 7.05 Å². The van der Waals surface area contributed by atoms with Crippen LogP contribution in [0.25, 0.3) is 0 Å². The molecule has 0 aromatic rings. The molecule has 0 amide bonds. The van der Waals surface area contributed by atoms with Gasteiger partial charge in [0.05, 0.1) is 18.1 Å². The van der Waals surface area contributed by atoms with Crippen LogP contribution in [0, 0.1) is 0 Å². The molecule has 0 aromatic carbocycles. The van der Waals surface area contributed by atoms with Crippen molar-refractivity contribution in [2.24, 2.45) is 0 Å². The molecule has 11 heavy (non-hydrogen) atoms. The van der Waals surface area contributed by atoms with Crippen LogP contribution in [0.4, 0.5) is 0 Å². The summed E-state index contributed by atoms with van der Waals surface area (Å²) in [4.78, 5) is 0. The van der Waals surface area contributed by atoms with E-state index in [4.69, 9.17) is 0 Å². The summed E-state index contributed by atoms with van der Waals surface area (Å²) in [5.41, 5.74) is 0. The zero-order chi connectivity index (χ0) is 8.74. The second kappa shape index (κ2) is 5.51. The molecule has 0 unspecified atom stereocenters. The molecule has 5 heteroatoms. The summed E-state index contributed by atoms with van der Waals surface area (Å²) in [5, 5.41) is 2.78. The minimum absolute atomic E-state index is 0.116. The Balaban J connectivity index is 3.63. The van der Waals surface area contributed by atoms with Crippen molar-refractivity contribution in [3.8, 4) is 0 Å². The van der Waals surface area contributed by atoms with E-state index >= 15 is 0 Å². The fraction of sp³-hybridized carbons (Fsp3) is 1.00. The molecule has 0 spiro atoms. The molecular formula is C6H15NO3S. The summed E-state index contributed by atoms with van der Waals surface area (Å²) >= 11 is 0. The Bertz CT molecular complexity index is 162. The van der Waals surface area contributed by atoms with E-state index in [0.717, 1.165) is 0 Å². The molecule has 0 fully saturated rings. The second-order valence-electron chi connectivity index (χ2n) is 2.25. The molecule has 0 saturated carbocycles. The van der Waals surface area contributed by atoms with Crippen LogP contribution in [0.3, 0.4) is 0 Å². The molecule has 0 aromatic heterocycles. The highest BCUT2D eigenvalue weighted by Crippen LogP contribution is 1.88. The number of methoxy groups -OCH3 is 1. The van der Waals surface area contributed by atoms with Gasteiger partial charge >= 0.3 is 0 Å². The monoisotopic (exact) mass is 181 g/mol. The van der Waals surface area contributed by atoms with E-state index in [0.29, 0.717) is 6.54 Å². The van der Waals surface area contributed by atoms with Crippen LogP contribution in [-0.4, -0.2) is 47.2 Å². The normalized spacial score (nSPS) is 11.8. The number of hydrogen-bond acceptors (Lipinski definition) is 4. The molecule has 0 atom stereocenters. The summed E-state index contributed by atoms with van der Waals surface area (Å²) in [7, 11) is 0.328. The van der Waals surface area contributed by atoms with Crippen molar-refractivity contribution in [2.45, 2.75) is 0 Å². The number of ether oxygens (including phenoxy) is 1. The minimum atomic E-state index is -2.89. The van der Waals surface area contributed by atoms with Crippen molar-refractivity contribution in [1.29, 1.82) is 0 Å². The fourth-order valence-electron chi connectivity index (χ4n) is 0.570. The van der Waals surface area contributed by atoms with Crippen molar-refractivity contribution in [3.05, 3.63) is 0 Å². The van der Waals surface area contributed by atoms with E-state index in [9.17, 15) is 8.42 Å². The van der Waals surface area contributed by atoms with Gasteiger partial charge in [-0.15, -0.1) is 0 Å². The van der Waals surface area contributed by atoms with Crippen LogP contribution in [0.2, 0.25) is 0 Å². The summed E-state index contributed by atoms with van der Waals surface area (Å²) < 4.78 is 26.7. The van der Waals surface area contributed by atoms with E-state index in [2.05, 4.69) is 10.1 Å². The van der Waals surface area contributed by atoms with Gasteiger partial charge in [-0.25, -0.2) is 8.42 Å². The van der Waals surface area contributed by atoms with Crippen molar-refractivity contribution in [1.82, 2.24) is 5.32 Å². The number of sulfone groups is 1. The lowest BCUT2D eigenvalue weighted by molar-refractivity contribution is 0.217. The van der Waals surface area contributed by atoms with E-state index in [1.807, 2.05) is 0 Å². The van der Waals surface area contributed by atoms with Gasteiger partial charge in [0, 0.05) is 13.7 Å². The fourth-order valence-corrected chi connectivity index (χ4v) is 1.71. The Hall–Kier alpha value is -0.130. The van der Waals surface area contributed by atoms with E-state index in [-0.39, 0.29) is 18.1 Å². The average Bonchev–Trinajstić information content (AvgIpc) is 1.97. The van der Waals surface area contributed by atoms with Gasteiger partial charge in [0.2, 0.25) is 0 Å². The zero-order valence-corrected chi connectivity index (χ0v) is 7.78. The molecule has 0 bridgehead atoms. The Kier molecular flexibility index (Phi) is 5.45. The Morgan fingerprint density at radius 2 is 2.00 bits per heavy atom. The third-order valence-corrected chi connectivity index (χ3v) is 2.88. The molecule has 0 aliphatic carbocycles. The van der Waals surface area contributed by atoms with Gasteiger partial charge in [-0.3, -0.25) is 0 Å². The van der Waals surface area contributed by atoms with Crippen molar-refractivity contribution in [3.63, 3.8) is 0 Å². The maximum Gasteiger partial charge on any atom is 0.153 e. The number of hydrogen-bond donors (Lipinski definition) is 1. The van der Waals surface area contributed by atoms with Crippen LogP contribution in [0.1, 0.15) is 0 Å². The van der Waals surface area contributed by atoms with Gasteiger partial charge in [-0.2, -0.15) is 0 Å². The SMILES string of the molecule is CNCCS(=O)(=O)CCOC. The molecule has 1 N–H and O–H groups in total. The first-order valence-electron chi connectivity index (χ1n) is 3.46. The smallest absolute Gasteiger partial charge is 0.153 e. The molecule has 0 saturated heterocycles. The molecule has 0 radical (unpaired) electrons. The van der Waals surface area contributed by atoms with Crippen LogP contribution >= 0.6 is 0 Å². The lowest BCUT2D eigenvalue weighted by Crippen LogP contribution is -2.23. The third kappa shape index (κ3) is 6.28. The average molecular weight is 181 g/mol. The van der Waals surface area contributed by atoms with Crippen molar-refractivity contribution < 1.29 is 13.2 Å². The molecule has 0 heterocycles. The highest BCUT2D eigenvalue weighted by molar-refractivity contribution is 7.91. The second-order valence-corrected chi connectivity index (χ2v) is 4.55. The van der Waals surface area contributed by atoms with Gasteiger partial charge in [0.1, 0.15) is 0 Å². The standard InChI is InChI=1S/C6H15NO3S/c1-7-3-5-11(8,9)6-4-10-2/h7H,3-6H2,1-2H3. The summed E-state index contributed by atoms with van der Waals surface area (Å²) in [6, 6.07) is 0. The van der Waals surface area contributed by atoms with Gasteiger partial charge in [0.25, 0.3) is 0 Å². The maximum absolute atomic E-state index is 11.0. The summed E-state index contributed by atoms with van der Waals surface area (Å²) in [5.74, 6) is 0.304. The van der Waals surface area contributed by atoms with Crippen molar-refractivity contribution >= 4 is 9.84 Å². The first kappa shape index (κ1) is 10.9. The Labute approximate surface area is 67.9 Å². The van der Waals surface area contributed by atoms with Gasteiger partial charge < -0.3 is 10.1 Å². The van der Waals surface area contributed by atoms with Crippen LogP contribution in [0.5, 0.6) is 0 Å². The predicted octanol–water partition coefficient (Wildman–Crippen LogP) is -0.733. The Morgan fingerprint density at radius 1 is 1.36 bits per heavy atom. The first-order chi connectivity index (χ1) is 5.12. The Morgan fingerprint density at radius 3 is 2.45 bits per heavy atom. The van der Waals surface area contributed by atoms with E-state index < -0.39 is 9.84 Å².